The van der Waals surface area contributed by atoms with Crippen molar-refractivity contribution in [1.82, 2.24) is 14.9 Å². The molecule has 19 heavy (non-hydrogen) atoms. The number of aryl methyl sites for hydroxylation is 1. The summed E-state index contributed by atoms with van der Waals surface area (Å²) in [5, 5.41) is 3.43. The molecule has 3 nitrogen and oxygen atoms in total. The lowest BCUT2D eigenvalue weighted by Gasteiger charge is -2.31. The van der Waals surface area contributed by atoms with E-state index in [1.165, 1.54) is 55.7 Å². The van der Waals surface area contributed by atoms with Crippen molar-refractivity contribution < 1.29 is 0 Å². The topological polar surface area (TPSA) is 29.9 Å². The Kier molecular flexibility index (Phi) is 3.92. The smallest absolute Gasteiger partial charge is 0.106 e. The van der Waals surface area contributed by atoms with Crippen LogP contribution in [-0.4, -0.2) is 16.1 Å². The van der Waals surface area contributed by atoms with Gasteiger partial charge in [0.15, 0.2) is 0 Å². The first kappa shape index (κ1) is 13.2. The first-order valence-electron chi connectivity index (χ1n) is 8.07. The third-order valence-corrected chi connectivity index (χ3v) is 4.98. The van der Waals surface area contributed by atoms with Crippen LogP contribution in [0.15, 0.2) is 0 Å². The monoisotopic (exact) mass is 261 g/mol. The number of hydrogen-bond donors (Lipinski definition) is 1. The molecule has 106 valence electrons. The number of rotatable bonds is 3. The van der Waals surface area contributed by atoms with Crippen LogP contribution >= 0.6 is 0 Å². The van der Waals surface area contributed by atoms with Crippen LogP contribution in [0.5, 0.6) is 0 Å². The second kappa shape index (κ2) is 5.66. The Balaban J connectivity index is 1.75. The predicted octanol–water partition coefficient (Wildman–Crippen LogP) is 3.37. The van der Waals surface area contributed by atoms with Crippen molar-refractivity contribution in [2.75, 3.05) is 6.54 Å². The van der Waals surface area contributed by atoms with Crippen molar-refractivity contribution in [3.63, 3.8) is 0 Å². The lowest BCUT2D eigenvalue weighted by atomic mass is 9.83. The maximum atomic E-state index is 4.78. The molecule has 1 aliphatic carbocycles. The van der Waals surface area contributed by atoms with Crippen LogP contribution < -0.4 is 5.32 Å². The fourth-order valence-corrected chi connectivity index (χ4v) is 4.05. The van der Waals surface area contributed by atoms with Crippen LogP contribution in [0, 0.1) is 12.8 Å². The highest BCUT2D eigenvalue weighted by molar-refractivity contribution is 5.21. The molecule has 1 aliphatic heterocycles. The van der Waals surface area contributed by atoms with E-state index in [-0.39, 0.29) is 0 Å². The quantitative estimate of drug-likeness (QED) is 0.904. The number of aromatic nitrogens is 2. The molecule has 0 radical (unpaired) electrons. The molecule has 0 unspecified atom stereocenters. The van der Waals surface area contributed by atoms with Crippen molar-refractivity contribution in [3.8, 4) is 0 Å². The molecule has 1 saturated carbocycles. The van der Waals surface area contributed by atoms with Gasteiger partial charge in [-0.15, -0.1) is 0 Å². The summed E-state index contributed by atoms with van der Waals surface area (Å²) in [5.41, 5.74) is 2.83. The molecule has 2 aliphatic rings. The van der Waals surface area contributed by atoms with Gasteiger partial charge in [0.05, 0.1) is 5.69 Å². The zero-order valence-electron chi connectivity index (χ0n) is 12.4. The summed E-state index contributed by atoms with van der Waals surface area (Å²) < 4.78 is 2.58. The van der Waals surface area contributed by atoms with Crippen molar-refractivity contribution in [2.24, 2.45) is 5.92 Å². The summed E-state index contributed by atoms with van der Waals surface area (Å²) in [6, 6.07) is 0.724. The molecule has 1 aromatic heterocycles. The van der Waals surface area contributed by atoms with Gasteiger partial charge in [0.25, 0.3) is 0 Å². The minimum Gasteiger partial charge on any atom is -0.329 e. The number of hydrogen-bond acceptors (Lipinski definition) is 2. The number of fused-ring (bicyclic) bond motifs is 1. The average molecular weight is 261 g/mol. The highest BCUT2D eigenvalue weighted by atomic mass is 15.1. The second-order valence-corrected chi connectivity index (χ2v) is 6.31. The van der Waals surface area contributed by atoms with Crippen molar-refractivity contribution in [2.45, 2.75) is 71.4 Å². The van der Waals surface area contributed by atoms with Gasteiger partial charge in [-0.25, -0.2) is 4.98 Å². The first-order chi connectivity index (χ1) is 9.29. The highest BCUT2D eigenvalue weighted by Crippen LogP contribution is 2.36. The van der Waals surface area contributed by atoms with Gasteiger partial charge in [-0.2, -0.15) is 0 Å². The van der Waals surface area contributed by atoms with Gasteiger partial charge in [0.1, 0.15) is 5.82 Å². The summed E-state index contributed by atoms with van der Waals surface area (Å²) in [4.78, 5) is 4.78. The zero-order chi connectivity index (χ0) is 13.2. The summed E-state index contributed by atoms with van der Waals surface area (Å²) in [6.07, 6.45) is 9.50. The molecule has 1 fully saturated rings. The van der Waals surface area contributed by atoms with E-state index in [9.17, 15) is 0 Å². The Bertz CT molecular complexity index is 427. The van der Waals surface area contributed by atoms with Crippen molar-refractivity contribution in [1.29, 1.82) is 0 Å². The van der Waals surface area contributed by atoms with E-state index in [1.54, 1.807) is 0 Å². The lowest BCUT2D eigenvalue weighted by Crippen LogP contribution is -2.27. The average Bonchev–Trinajstić information content (AvgIpc) is 2.76. The molecule has 1 N–H and O–H groups in total. The summed E-state index contributed by atoms with van der Waals surface area (Å²) in [7, 11) is 0. The minimum atomic E-state index is 0.724. The van der Waals surface area contributed by atoms with Gasteiger partial charge < -0.3 is 9.88 Å². The van der Waals surface area contributed by atoms with E-state index in [0.717, 1.165) is 31.5 Å². The molecule has 1 aromatic rings. The Morgan fingerprint density at radius 3 is 2.79 bits per heavy atom. The van der Waals surface area contributed by atoms with E-state index in [4.69, 9.17) is 4.98 Å². The molecule has 0 aromatic carbocycles. The molecule has 0 saturated heterocycles. The van der Waals surface area contributed by atoms with Crippen LogP contribution in [0.4, 0.5) is 0 Å². The van der Waals surface area contributed by atoms with Gasteiger partial charge in [0, 0.05) is 31.2 Å². The fraction of sp³-hybridized carbons (Fsp3) is 0.812. The van der Waals surface area contributed by atoms with E-state index in [0.29, 0.717) is 0 Å². The van der Waals surface area contributed by atoms with Crippen LogP contribution in [0.25, 0.3) is 0 Å². The van der Waals surface area contributed by atoms with E-state index in [2.05, 4.69) is 23.7 Å². The third-order valence-electron chi connectivity index (χ3n) is 4.98. The zero-order valence-corrected chi connectivity index (χ0v) is 12.4. The van der Waals surface area contributed by atoms with Gasteiger partial charge in [-0.3, -0.25) is 0 Å². The largest absolute Gasteiger partial charge is 0.329 e. The van der Waals surface area contributed by atoms with Crippen LogP contribution in [0.3, 0.4) is 0 Å². The molecule has 0 amide bonds. The van der Waals surface area contributed by atoms with Crippen molar-refractivity contribution in [3.05, 3.63) is 17.2 Å². The van der Waals surface area contributed by atoms with Gasteiger partial charge in [-0.1, -0.05) is 19.8 Å². The maximum Gasteiger partial charge on any atom is 0.106 e. The van der Waals surface area contributed by atoms with Gasteiger partial charge in [-0.05, 0) is 38.5 Å². The summed E-state index contributed by atoms with van der Waals surface area (Å²) in [6.45, 7) is 6.59. The molecule has 2 heterocycles. The lowest BCUT2D eigenvalue weighted by molar-refractivity contribution is 0.256. The normalized spacial score (nSPS) is 27.3. The van der Waals surface area contributed by atoms with Crippen molar-refractivity contribution >= 4 is 0 Å². The Morgan fingerprint density at radius 2 is 2.05 bits per heavy atom. The Hall–Kier alpha value is -0.830. The summed E-state index contributed by atoms with van der Waals surface area (Å²) in [5.74, 6) is 2.23. The molecule has 0 spiro atoms. The fourth-order valence-electron chi connectivity index (χ4n) is 4.05. The molecule has 3 rings (SSSR count). The van der Waals surface area contributed by atoms with E-state index >= 15 is 0 Å². The van der Waals surface area contributed by atoms with E-state index in [1.807, 2.05) is 0 Å². The molecule has 0 atom stereocenters. The molecule has 3 heteroatoms. The van der Waals surface area contributed by atoms with Gasteiger partial charge in [0.2, 0.25) is 0 Å². The van der Waals surface area contributed by atoms with Crippen LogP contribution in [-0.2, 0) is 13.0 Å². The number of nitrogens with one attached hydrogen (secondary N) is 1. The number of nitrogens with zero attached hydrogens (tertiary/aromatic N) is 2. The standard InChI is InChI=1S/C16H27N3/c1-3-4-13-5-7-14(8-6-13)19-12(2)18-15-11-17-10-9-16(15)19/h13-14,17H,3-11H2,1-2H3. The van der Waals surface area contributed by atoms with Crippen LogP contribution in [0.2, 0.25) is 0 Å². The van der Waals surface area contributed by atoms with Crippen LogP contribution in [0.1, 0.15) is 68.7 Å². The predicted molar refractivity (Wildman–Crippen MR) is 78.3 cm³/mol. The Morgan fingerprint density at radius 1 is 1.26 bits per heavy atom. The highest BCUT2D eigenvalue weighted by Gasteiger charge is 2.27. The number of imidazole rings is 1. The molecule has 0 bridgehead atoms. The maximum absolute atomic E-state index is 4.78. The molecular weight excluding hydrogens is 234 g/mol. The summed E-state index contributed by atoms with van der Waals surface area (Å²) >= 11 is 0. The second-order valence-electron chi connectivity index (χ2n) is 6.31. The first-order valence-corrected chi connectivity index (χ1v) is 8.07. The molecular formula is C16H27N3. The minimum absolute atomic E-state index is 0.724. The SMILES string of the molecule is CCCC1CCC(n2c(C)nc3c2CCNC3)CC1. The van der Waals surface area contributed by atoms with E-state index < -0.39 is 0 Å². The third kappa shape index (κ3) is 2.58. The van der Waals surface area contributed by atoms with Gasteiger partial charge >= 0.3 is 0 Å². The Labute approximate surface area is 116 Å².